The second kappa shape index (κ2) is 14.0. The SMILES string of the molecule is CCC(=O)O[C@H]1C[C@@H](O)[C@H](/C=C/[C@@H](O)COc2cccc(C(F)(F)F)c2)[C@H]1C/C=C\CCCC(=O)O. The first kappa shape index (κ1) is 29.4. The molecule has 7 nitrogen and oxygen atoms in total. The molecule has 0 amide bonds. The zero-order valence-corrected chi connectivity index (χ0v) is 20.1. The number of allylic oxidation sites excluding steroid dienone is 2. The van der Waals surface area contributed by atoms with Crippen molar-refractivity contribution in [1.82, 2.24) is 0 Å². The number of carbonyl (C=O) groups excluding carboxylic acids is 1. The smallest absolute Gasteiger partial charge is 0.416 e. The molecule has 0 heterocycles. The number of alkyl halides is 3. The maximum absolute atomic E-state index is 12.8. The number of esters is 1. The van der Waals surface area contributed by atoms with E-state index in [2.05, 4.69) is 0 Å². The highest BCUT2D eigenvalue weighted by Gasteiger charge is 2.42. The van der Waals surface area contributed by atoms with E-state index in [9.17, 15) is 33.0 Å². The van der Waals surface area contributed by atoms with E-state index >= 15 is 0 Å². The van der Waals surface area contributed by atoms with Gasteiger partial charge in [-0.3, -0.25) is 9.59 Å². The fourth-order valence-corrected chi connectivity index (χ4v) is 4.07. The quantitative estimate of drug-likeness (QED) is 0.202. The van der Waals surface area contributed by atoms with Crippen LogP contribution in [0.2, 0.25) is 0 Å². The molecule has 1 aromatic carbocycles. The van der Waals surface area contributed by atoms with E-state index in [4.69, 9.17) is 14.6 Å². The lowest BCUT2D eigenvalue weighted by atomic mass is 9.89. The molecule has 0 unspecified atom stereocenters. The molecule has 200 valence electrons. The lowest BCUT2D eigenvalue weighted by molar-refractivity contribution is -0.150. The molecule has 3 N–H and O–H groups in total. The summed E-state index contributed by atoms with van der Waals surface area (Å²) < 4.78 is 49.4. The molecule has 0 radical (unpaired) electrons. The molecule has 1 saturated carbocycles. The lowest BCUT2D eigenvalue weighted by Crippen LogP contribution is -2.25. The fourth-order valence-electron chi connectivity index (χ4n) is 4.07. The van der Waals surface area contributed by atoms with Crippen LogP contribution in [0.1, 0.15) is 51.0 Å². The first-order chi connectivity index (χ1) is 17.0. The number of aliphatic hydroxyl groups is 2. The lowest BCUT2D eigenvalue weighted by Gasteiger charge is -2.22. The Kier molecular flexibility index (Phi) is 11.5. The second-order valence-corrected chi connectivity index (χ2v) is 8.71. The van der Waals surface area contributed by atoms with Gasteiger partial charge in [0.15, 0.2) is 0 Å². The van der Waals surface area contributed by atoms with Crippen molar-refractivity contribution in [3.8, 4) is 5.75 Å². The molecule has 1 aliphatic carbocycles. The Morgan fingerprint density at radius 3 is 2.67 bits per heavy atom. The van der Waals surface area contributed by atoms with E-state index in [1.54, 1.807) is 13.0 Å². The molecule has 2 rings (SSSR count). The minimum Gasteiger partial charge on any atom is -0.491 e. The van der Waals surface area contributed by atoms with E-state index in [1.165, 1.54) is 18.2 Å². The Bertz CT molecular complexity index is 913. The average molecular weight is 515 g/mol. The van der Waals surface area contributed by atoms with Crippen LogP contribution < -0.4 is 4.74 Å². The summed E-state index contributed by atoms with van der Waals surface area (Å²) in [6, 6.07) is 4.35. The van der Waals surface area contributed by atoms with Crippen molar-refractivity contribution in [2.45, 2.75) is 69.9 Å². The summed E-state index contributed by atoms with van der Waals surface area (Å²) in [4.78, 5) is 22.5. The van der Waals surface area contributed by atoms with Crippen LogP contribution in [0.25, 0.3) is 0 Å². The van der Waals surface area contributed by atoms with Gasteiger partial charge in [0, 0.05) is 31.1 Å². The molecular weight excluding hydrogens is 481 g/mol. The number of unbranched alkanes of at least 4 members (excludes halogenated alkanes) is 1. The highest BCUT2D eigenvalue weighted by molar-refractivity contribution is 5.69. The number of halogens is 3. The highest BCUT2D eigenvalue weighted by atomic mass is 19.4. The Balaban J connectivity index is 2.00. The van der Waals surface area contributed by atoms with Crippen molar-refractivity contribution in [2.75, 3.05) is 6.61 Å². The molecule has 10 heteroatoms. The van der Waals surface area contributed by atoms with Gasteiger partial charge in [-0.1, -0.05) is 37.3 Å². The largest absolute Gasteiger partial charge is 0.491 e. The molecule has 1 fully saturated rings. The Hall–Kier alpha value is -2.85. The number of carbonyl (C=O) groups is 2. The zero-order chi connectivity index (χ0) is 26.7. The van der Waals surface area contributed by atoms with E-state index < -0.39 is 41.9 Å². The van der Waals surface area contributed by atoms with Gasteiger partial charge in [0.25, 0.3) is 0 Å². The highest BCUT2D eigenvalue weighted by Crippen LogP contribution is 2.38. The number of rotatable bonds is 13. The van der Waals surface area contributed by atoms with Crippen molar-refractivity contribution >= 4 is 11.9 Å². The number of benzene rings is 1. The molecule has 1 aliphatic rings. The zero-order valence-electron chi connectivity index (χ0n) is 20.1. The van der Waals surface area contributed by atoms with Crippen LogP contribution in [-0.2, 0) is 20.5 Å². The summed E-state index contributed by atoms with van der Waals surface area (Å²) in [7, 11) is 0. The van der Waals surface area contributed by atoms with Crippen molar-refractivity contribution < 1.29 is 47.6 Å². The fraction of sp³-hybridized carbons (Fsp3) is 0.538. The standard InChI is InChI=1S/C26H33F3O7/c1-2-25(34)36-23-15-22(31)20(21(23)10-5-3-4-6-11-24(32)33)13-12-18(30)16-35-19-9-7-8-17(14-19)26(27,28)29/h3,5,7-9,12-14,18,20-23,30-31H,2,4,6,10-11,15-16H2,1H3,(H,32,33)/b5-3-,13-12+/t18-,20-,21-,22-,23+/m1/s1. The molecule has 0 bridgehead atoms. The van der Waals surface area contributed by atoms with Gasteiger partial charge in [0.1, 0.15) is 24.6 Å². The Labute approximate surface area is 208 Å². The van der Waals surface area contributed by atoms with Crippen LogP contribution in [-0.4, -0.2) is 52.2 Å². The third-order valence-corrected chi connectivity index (χ3v) is 5.94. The predicted octanol–water partition coefficient (Wildman–Crippen LogP) is 4.52. The molecule has 36 heavy (non-hydrogen) atoms. The van der Waals surface area contributed by atoms with E-state index in [1.807, 2.05) is 12.2 Å². The van der Waals surface area contributed by atoms with Gasteiger partial charge in [-0.25, -0.2) is 0 Å². The number of aliphatic hydroxyl groups excluding tert-OH is 2. The van der Waals surface area contributed by atoms with Gasteiger partial charge in [-0.05, 0) is 37.5 Å². The molecular formula is C26H33F3O7. The summed E-state index contributed by atoms with van der Waals surface area (Å²) in [5.41, 5.74) is -0.856. The monoisotopic (exact) mass is 514 g/mol. The molecule has 0 spiro atoms. The van der Waals surface area contributed by atoms with E-state index in [-0.39, 0.29) is 43.5 Å². The maximum Gasteiger partial charge on any atom is 0.416 e. The number of hydrogen-bond acceptors (Lipinski definition) is 6. The van der Waals surface area contributed by atoms with Crippen LogP contribution in [0.3, 0.4) is 0 Å². The van der Waals surface area contributed by atoms with Crippen molar-refractivity contribution in [3.63, 3.8) is 0 Å². The van der Waals surface area contributed by atoms with Crippen molar-refractivity contribution in [2.24, 2.45) is 11.8 Å². The number of hydrogen-bond donors (Lipinski definition) is 3. The minimum atomic E-state index is -4.51. The van der Waals surface area contributed by atoms with E-state index in [0.717, 1.165) is 12.1 Å². The number of aliphatic carboxylic acids is 1. The first-order valence-corrected chi connectivity index (χ1v) is 11.9. The third-order valence-electron chi connectivity index (χ3n) is 5.94. The van der Waals surface area contributed by atoms with Crippen LogP contribution in [0.15, 0.2) is 48.6 Å². The van der Waals surface area contributed by atoms with Crippen molar-refractivity contribution in [3.05, 3.63) is 54.1 Å². The predicted molar refractivity (Wildman–Crippen MR) is 125 cm³/mol. The summed E-state index contributed by atoms with van der Waals surface area (Å²) in [5, 5.41) is 29.6. The van der Waals surface area contributed by atoms with Gasteiger partial charge in [0.05, 0.1) is 11.7 Å². The molecule has 0 aromatic heterocycles. The van der Waals surface area contributed by atoms with Gasteiger partial charge in [-0.15, -0.1) is 0 Å². The van der Waals surface area contributed by atoms with Crippen LogP contribution in [0.4, 0.5) is 13.2 Å². The molecule has 1 aromatic rings. The van der Waals surface area contributed by atoms with Crippen molar-refractivity contribution in [1.29, 1.82) is 0 Å². The number of carboxylic acid groups (broad SMARTS) is 1. The Morgan fingerprint density at radius 2 is 2.00 bits per heavy atom. The van der Waals surface area contributed by atoms with E-state index in [0.29, 0.717) is 19.3 Å². The number of carboxylic acids is 1. The Morgan fingerprint density at radius 1 is 1.25 bits per heavy atom. The minimum absolute atomic E-state index is 0.0318. The number of ether oxygens (including phenoxy) is 2. The normalized spacial score (nSPS) is 23.3. The van der Waals surface area contributed by atoms with Gasteiger partial charge in [0.2, 0.25) is 0 Å². The van der Waals surface area contributed by atoms with Crippen LogP contribution >= 0.6 is 0 Å². The summed E-state index contributed by atoms with van der Waals surface area (Å²) in [5.74, 6) is -1.99. The van der Waals surface area contributed by atoms with Gasteiger partial charge >= 0.3 is 18.1 Å². The third kappa shape index (κ3) is 9.66. The topological polar surface area (TPSA) is 113 Å². The second-order valence-electron chi connectivity index (χ2n) is 8.71. The maximum atomic E-state index is 12.8. The molecule has 0 aliphatic heterocycles. The van der Waals surface area contributed by atoms with Gasteiger partial charge < -0.3 is 24.8 Å². The summed E-state index contributed by atoms with van der Waals surface area (Å²) >= 11 is 0. The molecule has 0 saturated heterocycles. The first-order valence-electron chi connectivity index (χ1n) is 11.9. The van der Waals surface area contributed by atoms with Crippen LogP contribution in [0.5, 0.6) is 5.75 Å². The van der Waals surface area contributed by atoms with Crippen LogP contribution in [0, 0.1) is 11.8 Å². The molecule has 5 atom stereocenters. The summed E-state index contributed by atoms with van der Waals surface area (Å²) in [6.07, 6.45) is 1.78. The average Bonchev–Trinajstić information content (AvgIpc) is 3.11. The summed E-state index contributed by atoms with van der Waals surface area (Å²) in [6.45, 7) is 1.38. The van der Waals surface area contributed by atoms with Gasteiger partial charge in [-0.2, -0.15) is 13.2 Å².